The van der Waals surface area contributed by atoms with E-state index in [9.17, 15) is 14.7 Å². The zero-order valence-corrected chi connectivity index (χ0v) is 21.0. The second-order valence-corrected chi connectivity index (χ2v) is 10.1. The average Bonchev–Trinajstić information content (AvgIpc) is 3.09. The highest BCUT2D eigenvalue weighted by Crippen LogP contribution is 2.43. The van der Waals surface area contributed by atoms with Gasteiger partial charge in [-0.05, 0) is 65.4 Å². The summed E-state index contributed by atoms with van der Waals surface area (Å²) in [5.74, 6) is -1.57. The lowest BCUT2D eigenvalue weighted by molar-refractivity contribution is -0.132. The van der Waals surface area contributed by atoms with Gasteiger partial charge in [0.2, 0.25) is 0 Å². The number of ketones is 1. The number of aromatic nitrogens is 1. The number of benzene rings is 2. The predicted molar refractivity (Wildman–Crippen MR) is 140 cm³/mol. The Labute approximate surface area is 206 Å². The van der Waals surface area contributed by atoms with Crippen LogP contribution in [-0.2, 0) is 15.0 Å². The van der Waals surface area contributed by atoms with E-state index in [2.05, 4.69) is 25.8 Å². The first kappa shape index (κ1) is 24.2. The first-order valence-corrected chi connectivity index (χ1v) is 11.6. The maximum atomic E-state index is 13.4. The second-order valence-electron chi connectivity index (χ2n) is 10.1. The summed E-state index contributed by atoms with van der Waals surface area (Å²) >= 11 is 0. The molecule has 2 aromatic carbocycles. The Morgan fingerprint density at radius 3 is 2.29 bits per heavy atom. The molecule has 180 valence electrons. The summed E-state index contributed by atoms with van der Waals surface area (Å²) in [7, 11) is 3.87. The summed E-state index contributed by atoms with van der Waals surface area (Å²) in [6.45, 7) is 8.16. The van der Waals surface area contributed by atoms with Crippen molar-refractivity contribution in [3.63, 3.8) is 0 Å². The molecule has 2 heterocycles. The van der Waals surface area contributed by atoms with Gasteiger partial charge in [-0.3, -0.25) is 19.5 Å². The number of nitrogens with zero attached hydrogens (tertiary/aromatic N) is 3. The molecule has 0 radical (unpaired) electrons. The van der Waals surface area contributed by atoms with E-state index < -0.39 is 17.7 Å². The quantitative estimate of drug-likeness (QED) is 0.315. The lowest BCUT2D eigenvalue weighted by atomic mass is 9.84. The van der Waals surface area contributed by atoms with Gasteiger partial charge < -0.3 is 10.0 Å². The van der Waals surface area contributed by atoms with E-state index in [0.717, 1.165) is 16.8 Å². The minimum absolute atomic E-state index is 0.0637. The Bertz CT molecular complexity index is 1300. The molecule has 1 aromatic heterocycles. The maximum Gasteiger partial charge on any atom is 0.300 e. The Morgan fingerprint density at radius 2 is 1.71 bits per heavy atom. The molecule has 4 rings (SSSR count). The van der Waals surface area contributed by atoms with Crippen LogP contribution in [-0.4, -0.2) is 35.9 Å². The number of hydrogen-bond donors (Lipinski definition) is 1. The molecule has 1 N–H and O–H groups in total. The molecule has 0 spiro atoms. The standard InChI is InChI=1S/C29H31N3O3/c1-18-9-10-20(29(2,3)4)16-23(18)26(33)24-25(19-8-7-15-30-17-19)32(28(35)27(24)34)22-13-11-21(12-14-22)31(5)6/h7-17,25,33H,1-6H3/b26-24+. The van der Waals surface area contributed by atoms with Crippen LogP contribution in [0.15, 0.2) is 72.6 Å². The number of Topliss-reactive ketones (excluding diaryl/α,β-unsaturated/α-hetero) is 1. The zero-order valence-electron chi connectivity index (χ0n) is 21.0. The first-order valence-electron chi connectivity index (χ1n) is 11.6. The molecule has 0 saturated carbocycles. The molecule has 1 amide bonds. The Hall–Kier alpha value is -3.93. The van der Waals surface area contributed by atoms with Crippen molar-refractivity contribution >= 4 is 28.8 Å². The molecule has 1 fully saturated rings. The molecule has 0 aliphatic carbocycles. The number of hydrogen-bond acceptors (Lipinski definition) is 5. The van der Waals surface area contributed by atoms with Gasteiger partial charge in [0.15, 0.2) is 0 Å². The molecule has 1 aliphatic heterocycles. The summed E-state index contributed by atoms with van der Waals surface area (Å²) in [6, 6.07) is 16.1. The number of aliphatic hydroxyl groups excluding tert-OH is 1. The van der Waals surface area contributed by atoms with Gasteiger partial charge in [0.05, 0.1) is 11.6 Å². The Balaban J connectivity index is 1.93. The van der Waals surface area contributed by atoms with Crippen LogP contribution in [0.25, 0.3) is 5.76 Å². The molecular weight excluding hydrogens is 438 g/mol. The van der Waals surface area contributed by atoms with Crippen molar-refractivity contribution in [1.82, 2.24) is 4.98 Å². The summed E-state index contributed by atoms with van der Waals surface area (Å²) in [5, 5.41) is 11.5. The number of anilines is 2. The fourth-order valence-corrected chi connectivity index (χ4v) is 4.35. The highest BCUT2D eigenvalue weighted by atomic mass is 16.3. The fraction of sp³-hybridized carbons (Fsp3) is 0.276. The second kappa shape index (κ2) is 9.02. The normalized spacial score (nSPS) is 17.7. The van der Waals surface area contributed by atoms with Crippen LogP contribution in [0.2, 0.25) is 0 Å². The predicted octanol–water partition coefficient (Wildman–Crippen LogP) is 5.38. The number of rotatable bonds is 4. The van der Waals surface area contributed by atoms with Crippen molar-refractivity contribution in [3.8, 4) is 0 Å². The van der Waals surface area contributed by atoms with E-state index in [1.807, 2.05) is 74.4 Å². The number of aliphatic hydroxyl groups is 1. The van der Waals surface area contributed by atoms with Crippen LogP contribution in [0.1, 0.15) is 49.1 Å². The lowest BCUT2D eigenvalue weighted by Crippen LogP contribution is -2.29. The van der Waals surface area contributed by atoms with Gasteiger partial charge in [-0.1, -0.05) is 39.0 Å². The largest absolute Gasteiger partial charge is 0.507 e. The van der Waals surface area contributed by atoms with Gasteiger partial charge >= 0.3 is 0 Å². The fourth-order valence-electron chi connectivity index (χ4n) is 4.35. The SMILES string of the molecule is Cc1ccc(C(C)(C)C)cc1/C(O)=C1\C(=O)C(=O)N(c2ccc(N(C)C)cc2)C1c1cccnc1. The molecule has 0 bridgehead atoms. The van der Waals surface area contributed by atoms with Crippen molar-refractivity contribution in [1.29, 1.82) is 0 Å². The van der Waals surface area contributed by atoms with Gasteiger partial charge in [0.1, 0.15) is 5.76 Å². The number of carbonyl (C=O) groups excluding carboxylic acids is 2. The molecule has 1 unspecified atom stereocenters. The van der Waals surface area contributed by atoms with Crippen molar-refractivity contribution in [2.24, 2.45) is 0 Å². The minimum atomic E-state index is -0.799. The highest BCUT2D eigenvalue weighted by Gasteiger charge is 2.47. The van der Waals surface area contributed by atoms with Gasteiger partial charge in [-0.2, -0.15) is 0 Å². The summed E-state index contributed by atoms with van der Waals surface area (Å²) in [6.07, 6.45) is 3.27. The number of aryl methyl sites for hydroxylation is 1. The van der Waals surface area contributed by atoms with E-state index in [4.69, 9.17) is 0 Å². The molecule has 1 saturated heterocycles. The van der Waals surface area contributed by atoms with Gasteiger partial charge in [0.25, 0.3) is 11.7 Å². The van der Waals surface area contributed by atoms with E-state index in [1.54, 1.807) is 18.5 Å². The maximum absolute atomic E-state index is 13.4. The monoisotopic (exact) mass is 469 g/mol. The van der Waals surface area contributed by atoms with Gasteiger partial charge in [-0.25, -0.2) is 0 Å². The van der Waals surface area contributed by atoms with Crippen LogP contribution in [0, 0.1) is 6.92 Å². The van der Waals surface area contributed by atoms with Crippen LogP contribution < -0.4 is 9.80 Å². The van der Waals surface area contributed by atoms with Crippen LogP contribution in [0.5, 0.6) is 0 Å². The Morgan fingerprint density at radius 1 is 1.03 bits per heavy atom. The Kier molecular flexibility index (Phi) is 6.24. The first-order chi connectivity index (χ1) is 16.5. The van der Waals surface area contributed by atoms with Crippen LogP contribution >= 0.6 is 0 Å². The number of pyridine rings is 1. The molecule has 1 atom stereocenters. The van der Waals surface area contributed by atoms with Crippen molar-refractivity contribution in [2.45, 2.75) is 39.2 Å². The molecule has 35 heavy (non-hydrogen) atoms. The van der Waals surface area contributed by atoms with Crippen molar-refractivity contribution < 1.29 is 14.7 Å². The number of amides is 1. The van der Waals surface area contributed by atoms with E-state index in [0.29, 0.717) is 16.8 Å². The minimum Gasteiger partial charge on any atom is -0.507 e. The summed E-state index contributed by atoms with van der Waals surface area (Å²) < 4.78 is 0. The average molecular weight is 470 g/mol. The highest BCUT2D eigenvalue weighted by molar-refractivity contribution is 6.51. The van der Waals surface area contributed by atoms with Crippen LogP contribution in [0.3, 0.4) is 0 Å². The molecular formula is C29H31N3O3. The van der Waals surface area contributed by atoms with Gasteiger partial charge in [-0.15, -0.1) is 0 Å². The van der Waals surface area contributed by atoms with Crippen LogP contribution in [0.4, 0.5) is 11.4 Å². The third-order valence-corrected chi connectivity index (χ3v) is 6.45. The van der Waals surface area contributed by atoms with E-state index in [-0.39, 0.29) is 16.7 Å². The summed E-state index contributed by atoms with van der Waals surface area (Å²) in [5.41, 5.74) is 4.50. The molecule has 1 aliphatic rings. The number of carbonyl (C=O) groups is 2. The molecule has 6 heteroatoms. The van der Waals surface area contributed by atoms with E-state index in [1.165, 1.54) is 4.90 Å². The molecule has 6 nitrogen and oxygen atoms in total. The summed E-state index contributed by atoms with van der Waals surface area (Å²) in [4.78, 5) is 34.4. The van der Waals surface area contributed by atoms with E-state index >= 15 is 0 Å². The smallest absolute Gasteiger partial charge is 0.300 e. The van der Waals surface area contributed by atoms with Crippen molar-refractivity contribution in [3.05, 3.63) is 94.8 Å². The topological polar surface area (TPSA) is 73.7 Å². The third-order valence-electron chi connectivity index (χ3n) is 6.45. The van der Waals surface area contributed by atoms with Crippen molar-refractivity contribution in [2.75, 3.05) is 23.9 Å². The van der Waals surface area contributed by atoms with Gasteiger partial charge in [0, 0.05) is 43.4 Å². The lowest BCUT2D eigenvalue weighted by Gasteiger charge is -2.26. The zero-order chi connectivity index (χ0) is 25.5. The molecule has 3 aromatic rings. The third kappa shape index (κ3) is 4.44.